The SMILES string of the molecule is COc1cccc2c1nc(C(F)F)n2-c1nc(N2CCOCC2)cc(N2CCN(CC(N)=O)CC2)n1. The lowest BCUT2D eigenvalue weighted by atomic mass is 10.3. The van der Waals surface area contributed by atoms with Crippen molar-refractivity contribution in [2.45, 2.75) is 6.43 Å². The summed E-state index contributed by atoms with van der Waals surface area (Å²) < 4.78 is 40.5. The summed E-state index contributed by atoms with van der Waals surface area (Å²) in [7, 11) is 1.47. The van der Waals surface area contributed by atoms with Crippen molar-refractivity contribution in [1.29, 1.82) is 0 Å². The number of aromatic nitrogens is 4. The van der Waals surface area contributed by atoms with E-state index in [0.717, 1.165) is 0 Å². The van der Waals surface area contributed by atoms with Gasteiger partial charge in [0.15, 0.2) is 5.82 Å². The quantitative estimate of drug-likeness (QED) is 0.509. The van der Waals surface area contributed by atoms with Crippen LogP contribution in [0.5, 0.6) is 5.75 Å². The van der Waals surface area contributed by atoms with Crippen LogP contribution in [-0.2, 0) is 9.53 Å². The number of para-hydroxylation sites is 1. The van der Waals surface area contributed by atoms with E-state index in [1.807, 2.05) is 11.0 Å². The number of halogens is 2. The first kappa shape index (κ1) is 24.1. The van der Waals surface area contributed by atoms with E-state index in [2.05, 4.69) is 14.8 Å². The minimum Gasteiger partial charge on any atom is -0.494 e. The minimum absolute atomic E-state index is 0.111. The Morgan fingerprint density at radius 1 is 1.06 bits per heavy atom. The molecule has 192 valence electrons. The Morgan fingerprint density at radius 3 is 2.33 bits per heavy atom. The number of methoxy groups -OCH3 is 1. The molecule has 1 aromatic carbocycles. The topological polar surface area (TPSA) is 115 Å². The summed E-state index contributed by atoms with van der Waals surface area (Å²) in [6.07, 6.45) is -2.85. The van der Waals surface area contributed by atoms with Crippen LogP contribution in [0.3, 0.4) is 0 Å². The number of piperazine rings is 1. The van der Waals surface area contributed by atoms with Crippen LogP contribution in [-0.4, -0.2) is 96.5 Å². The standard InChI is InChI=1S/C23H28F2N8O3/c1-35-16-4-2-3-15-20(16)29-22(21(24)25)33(15)23-27-18(13-19(28-23)32-9-11-36-12-10-32)31-7-5-30(6-8-31)14-17(26)34/h2-4,13,21H,5-12,14H2,1H3,(H2,26,34). The fourth-order valence-corrected chi connectivity index (χ4v) is 4.59. The zero-order valence-electron chi connectivity index (χ0n) is 19.9. The van der Waals surface area contributed by atoms with Crippen molar-refractivity contribution in [1.82, 2.24) is 24.4 Å². The van der Waals surface area contributed by atoms with Crippen molar-refractivity contribution < 1.29 is 23.0 Å². The zero-order chi connectivity index (χ0) is 25.2. The van der Waals surface area contributed by atoms with Gasteiger partial charge in [0.1, 0.15) is 22.9 Å². The number of hydrogen-bond acceptors (Lipinski definition) is 9. The summed E-state index contributed by atoms with van der Waals surface area (Å²) >= 11 is 0. The highest BCUT2D eigenvalue weighted by Gasteiger charge is 2.27. The third kappa shape index (κ3) is 4.75. The molecule has 0 saturated carbocycles. The van der Waals surface area contributed by atoms with Crippen molar-refractivity contribution in [3.8, 4) is 11.7 Å². The van der Waals surface area contributed by atoms with Gasteiger partial charge < -0.3 is 25.0 Å². The van der Waals surface area contributed by atoms with Crippen LogP contribution in [0, 0.1) is 0 Å². The molecule has 0 atom stereocenters. The van der Waals surface area contributed by atoms with Gasteiger partial charge in [0.2, 0.25) is 11.9 Å². The van der Waals surface area contributed by atoms with Gasteiger partial charge in [-0.2, -0.15) is 9.97 Å². The third-order valence-electron chi connectivity index (χ3n) is 6.39. The number of benzene rings is 1. The molecule has 1 amide bonds. The maximum atomic E-state index is 14.2. The number of carbonyl (C=O) groups is 1. The summed E-state index contributed by atoms with van der Waals surface area (Å²) in [6, 6.07) is 6.97. The lowest BCUT2D eigenvalue weighted by Gasteiger charge is -2.35. The third-order valence-corrected chi connectivity index (χ3v) is 6.39. The molecule has 3 aromatic rings. The van der Waals surface area contributed by atoms with Crippen LogP contribution in [0.25, 0.3) is 17.0 Å². The van der Waals surface area contributed by atoms with Gasteiger partial charge in [0.25, 0.3) is 6.43 Å². The van der Waals surface area contributed by atoms with E-state index in [0.29, 0.717) is 80.9 Å². The Kier molecular flexibility index (Phi) is 6.83. The number of anilines is 2. The fourth-order valence-electron chi connectivity index (χ4n) is 4.59. The van der Waals surface area contributed by atoms with E-state index < -0.39 is 12.2 Å². The smallest absolute Gasteiger partial charge is 0.296 e. The predicted molar refractivity (Wildman–Crippen MR) is 129 cm³/mol. The summed E-state index contributed by atoms with van der Waals surface area (Å²) in [5, 5.41) is 0. The molecule has 0 aliphatic carbocycles. The summed E-state index contributed by atoms with van der Waals surface area (Å²) in [6.45, 7) is 5.01. The molecule has 2 N–H and O–H groups in total. The first-order valence-corrected chi connectivity index (χ1v) is 11.8. The number of alkyl halides is 2. The molecule has 2 aliphatic rings. The molecule has 11 nitrogen and oxygen atoms in total. The number of amides is 1. The molecular weight excluding hydrogens is 474 g/mol. The molecule has 36 heavy (non-hydrogen) atoms. The van der Waals surface area contributed by atoms with Gasteiger partial charge in [0, 0.05) is 45.3 Å². The van der Waals surface area contributed by atoms with Crippen LogP contribution >= 0.6 is 0 Å². The summed E-state index contributed by atoms with van der Waals surface area (Å²) in [4.78, 5) is 31.0. The number of nitrogens with zero attached hydrogens (tertiary/aromatic N) is 7. The highest BCUT2D eigenvalue weighted by molar-refractivity contribution is 5.84. The minimum atomic E-state index is -2.85. The van der Waals surface area contributed by atoms with E-state index in [9.17, 15) is 13.6 Å². The van der Waals surface area contributed by atoms with E-state index in [1.54, 1.807) is 18.2 Å². The van der Waals surface area contributed by atoms with Gasteiger partial charge >= 0.3 is 0 Å². The average Bonchev–Trinajstić information content (AvgIpc) is 3.29. The number of nitrogens with two attached hydrogens (primary N) is 1. The van der Waals surface area contributed by atoms with Crippen LogP contribution in [0.15, 0.2) is 24.3 Å². The van der Waals surface area contributed by atoms with Crippen LogP contribution < -0.4 is 20.3 Å². The predicted octanol–water partition coefficient (Wildman–Crippen LogP) is 1.21. The van der Waals surface area contributed by atoms with Gasteiger partial charge in [-0.05, 0) is 12.1 Å². The molecule has 0 spiro atoms. The Morgan fingerprint density at radius 2 is 1.72 bits per heavy atom. The molecule has 2 aromatic heterocycles. The Bertz CT molecular complexity index is 1240. The normalized spacial score (nSPS) is 17.2. The lowest BCUT2D eigenvalue weighted by molar-refractivity contribution is -0.119. The van der Waals surface area contributed by atoms with Crippen molar-refractivity contribution >= 4 is 28.6 Å². The Balaban J connectivity index is 1.59. The number of ether oxygens (including phenoxy) is 2. The molecule has 0 radical (unpaired) electrons. The number of fused-ring (bicyclic) bond motifs is 1. The number of rotatable bonds is 7. The first-order chi connectivity index (χ1) is 17.4. The number of carbonyl (C=O) groups excluding carboxylic acids is 1. The van der Waals surface area contributed by atoms with Crippen molar-refractivity contribution in [2.24, 2.45) is 5.73 Å². The summed E-state index contributed by atoms with van der Waals surface area (Å²) in [5.74, 6) is 0.922. The maximum Gasteiger partial charge on any atom is 0.296 e. The Labute approximate surface area is 206 Å². The molecule has 0 unspecified atom stereocenters. The van der Waals surface area contributed by atoms with Crippen LogP contribution in [0.2, 0.25) is 0 Å². The van der Waals surface area contributed by atoms with Gasteiger partial charge in [-0.1, -0.05) is 6.07 Å². The molecule has 2 saturated heterocycles. The van der Waals surface area contributed by atoms with E-state index >= 15 is 0 Å². The first-order valence-electron chi connectivity index (χ1n) is 11.8. The van der Waals surface area contributed by atoms with Gasteiger partial charge in [-0.15, -0.1) is 0 Å². The van der Waals surface area contributed by atoms with Crippen molar-refractivity contribution in [3.05, 3.63) is 30.1 Å². The number of hydrogen-bond donors (Lipinski definition) is 1. The number of imidazole rings is 1. The monoisotopic (exact) mass is 502 g/mol. The molecule has 2 fully saturated rings. The van der Waals surface area contributed by atoms with Crippen LogP contribution in [0.1, 0.15) is 12.2 Å². The average molecular weight is 503 g/mol. The van der Waals surface area contributed by atoms with E-state index in [4.69, 9.17) is 25.2 Å². The van der Waals surface area contributed by atoms with E-state index in [1.165, 1.54) is 11.7 Å². The van der Waals surface area contributed by atoms with Gasteiger partial charge in [-0.25, -0.2) is 13.8 Å². The van der Waals surface area contributed by atoms with Gasteiger partial charge in [-0.3, -0.25) is 14.3 Å². The largest absolute Gasteiger partial charge is 0.494 e. The van der Waals surface area contributed by atoms with Gasteiger partial charge in [0.05, 0.1) is 32.4 Å². The molecular formula is C23H28F2N8O3. The highest BCUT2D eigenvalue weighted by Crippen LogP contribution is 2.33. The fraction of sp³-hybridized carbons (Fsp3) is 0.478. The maximum absolute atomic E-state index is 14.2. The molecule has 13 heteroatoms. The molecule has 2 aliphatic heterocycles. The Hall–Kier alpha value is -3.58. The summed E-state index contributed by atoms with van der Waals surface area (Å²) in [5.41, 5.74) is 6.09. The zero-order valence-corrected chi connectivity index (χ0v) is 19.9. The molecule has 4 heterocycles. The molecule has 5 rings (SSSR count). The second-order valence-corrected chi connectivity index (χ2v) is 8.65. The van der Waals surface area contributed by atoms with Crippen molar-refractivity contribution in [3.63, 3.8) is 0 Å². The second kappa shape index (κ2) is 10.2. The second-order valence-electron chi connectivity index (χ2n) is 8.65. The number of primary amides is 1. The molecule has 0 bridgehead atoms. The highest BCUT2D eigenvalue weighted by atomic mass is 19.3. The number of morpholine rings is 1. The van der Waals surface area contributed by atoms with Crippen molar-refractivity contribution in [2.75, 3.05) is 75.9 Å². The van der Waals surface area contributed by atoms with E-state index in [-0.39, 0.29) is 18.4 Å². The van der Waals surface area contributed by atoms with Crippen LogP contribution in [0.4, 0.5) is 20.4 Å². The lowest BCUT2D eigenvalue weighted by Crippen LogP contribution is -2.49.